The molecule has 2 fully saturated rings. The Morgan fingerprint density at radius 2 is 2.00 bits per heavy atom. The molecule has 2 amide bonds. The van der Waals surface area contributed by atoms with Crippen molar-refractivity contribution in [1.82, 2.24) is 29.2 Å². The maximum absolute atomic E-state index is 12.8. The summed E-state index contributed by atoms with van der Waals surface area (Å²) in [6.45, 7) is 5.68. The van der Waals surface area contributed by atoms with Crippen LogP contribution >= 0.6 is 0 Å². The van der Waals surface area contributed by atoms with Crippen LogP contribution in [0.15, 0.2) is 43.5 Å². The van der Waals surface area contributed by atoms with Gasteiger partial charge in [0.15, 0.2) is 0 Å². The fourth-order valence-electron chi connectivity index (χ4n) is 4.53. The fraction of sp³-hybridized carbons (Fsp3) is 0.348. The molecule has 168 valence electrons. The second-order valence-electron chi connectivity index (χ2n) is 8.34. The Kier molecular flexibility index (Phi) is 5.09. The third-order valence-electron chi connectivity index (χ3n) is 6.42. The van der Waals surface area contributed by atoms with E-state index in [1.807, 2.05) is 28.0 Å². The van der Waals surface area contributed by atoms with Gasteiger partial charge in [-0.1, -0.05) is 6.58 Å². The van der Waals surface area contributed by atoms with Crippen LogP contribution in [-0.4, -0.2) is 74.3 Å². The average Bonchev–Trinajstić information content (AvgIpc) is 3.55. The molecule has 10 heteroatoms. The minimum Gasteiger partial charge on any atom is -0.494 e. The highest BCUT2D eigenvalue weighted by atomic mass is 16.5. The zero-order valence-electron chi connectivity index (χ0n) is 18.2. The molecule has 0 aromatic carbocycles. The molecule has 5 heterocycles. The number of carbonyl (C=O) groups excluding carboxylic acids is 2. The van der Waals surface area contributed by atoms with Gasteiger partial charge in [0.25, 0.3) is 0 Å². The van der Waals surface area contributed by atoms with Gasteiger partial charge in [0.1, 0.15) is 22.9 Å². The van der Waals surface area contributed by atoms with Crippen molar-refractivity contribution in [2.45, 2.75) is 12.5 Å². The average molecular weight is 445 g/mol. The third-order valence-corrected chi connectivity index (χ3v) is 6.42. The van der Waals surface area contributed by atoms with Gasteiger partial charge in [0.05, 0.1) is 31.5 Å². The zero-order chi connectivity index (χ0) is 23.1. The molecule has 0 N–H and O–H groups in total. The highest BCUT2D eigenvalue weighted by molar-refractivity contribution is 5.90. The van der Waals surface area contributed by atoms with Crippen LogP contribution in [0, 0.1) is 17.2 Å². The van der Waals surface area contributed by atoms with Crippen LogP contribution in [0.1, 0.15) is 18.0 Å². The van der Waals surface area contributed by atoms with Gasteiger partial charge in [0, 0.05) is 49.7 Å². The van der Waals surface area contributed by atoms with E-state index < -0.39 is 0 Å². The molecule has 0 spiro atoms. The number of hydrogen-bond donors (Lipinski definition) is 0. The standard InChI is InChI=1S/C23H23N7O3/c1-3-21(31)28-10-18(11-28)23(32)27-5-4-19(14-27)29-13-17(9-25-29)15-6-20(33-2)22-16(7-24)8-26-30(22)12-15/h3,6,8-9,12-13,18-19H,1,4-5,10-11,14H2,2H3/t19-/m0/s1. The van der Waals surface area contributed by atoms with Crippen LogP contribution in [0.2, 0.25) is 0 Å². The molecule has 5 rings (SSSR count). The molecule has 2 aliphatic heterocycles. The number of ether oxygens (including phenoxy) is 1. The van der Waals surface area contributed by atoms with Crippen LogP contribution in [0.25, 0.3) is 16.6 Å². The molecule has 10 nitrogen and oxygen atoms in total. The number of amides is 2. The first-order chi connectivity index (χ1) is 16.0. The summed E-state index contributed by atoms with van der Waals surface area (Å²) in [5.41, 5.74) is 2.84. The number of hydrogen-bond acceptors (Lipinski definition) is 6. The molecular formula is C23H23N7O3. The van der Waals surface area contributed by atoms with Crippen molar-refractivity contribution in [2.75, 3.05) is 33.3 Å². The first-order valence-corrected chi connectivity index (χ1v) is 10.7. The summed E-state index contributed by atoms with van der Waals surface area (Å²) in [6, 6.07) is 4.09. The van der Waals surface area contributed by atoms with Crippen LogP contribution < -0.4 is 4.74 Å². The number of pyridine rings is 1. The van der Waals surface area contributed by atoms with Crippen LogP contribution in [0.3, 0.4) is 0 Å². The van der Waals surface area contributed by atoms with Crippen molar-refractivity contribution in [3.8, 4) is 22.9 Å². The lowest BCUT2D eigenvalue weighted by Gasteiger charge is -2.39. The van der Waals surface area contributed by atoms with Gasteiger partial charge < -0.3 is 14.5 Å². The van der Waals surface area contributed by atoms with Gasteiger partial charge in [-0.25, -0.2) is 4.52 Å². The van der Waals surface area contributed by atoms with Crippen molar-refractivity contribution < 1.29 is 14.3 Å². The Balaban J connectivity index is 1.29. The van der Waals surface area contributed by atoms with Gasteiger partial charge in [-0.3, -0.25) is 14.3 Å². The van der Waals surface area contributed by atoms with Crippen LogP contribution in [0.5, 0.6) is 5.75 Å². The lowest BCUT2D eigenvalue weighted by atomic mass is 9.98. The summed E-state index contributed by atoms with van der Waals surface area (Å²) in [6.07, 6.45) is 9.21. The van der Waals surface area contributed by atoms with Crippen LogP contribution in [0.4, 0.5) is 0 Å². The van der Waals surface area contributed by atoms with Crippen LogP contribution in [-0.2, 0) is 9.59 Å². The van der Waals surface area contributed by atoms with Gasteiger partial charge in [-0.05, 0) is 18.6 Å². The van der Waals surface area contributed by atoms with E-state index >= 15 is 0 Å². The second-order valence-corrected chi connectivity index (χ2v) is 8.34. The fourth-order valence-corrected chi connectivity index (χ4v) is 4.53. The largest absolute Gasteiger partial charge is 0.494 e. The smallest absolute Gasteiger partial charge is 0.246 e. The van der Waals surface area contributed by atoms with E-state index in [2.05, 4.69) is 22.8 Å². The summed E-state index contributed by atoms with van der Waals surface area (Å²) >= 11 is 0. The highest BCUT2D eigenvalue weighted by Gasteiger charge is 2.39. The molecule has 3 aromatic rings. The minimum absolute atomic E-state index is 0.0919. The van der Waals surface area contributed by atoms with E-state index in [1.165, 1.54) is 12.3 Å². The Labute approximate surface area is 190 Å². The monoisotopic (exact) mass is 445 g/mol. The van der Waals surface area contributed by atoms with Gasteiger partial charge in [0.2, 0.25) is 11.8 Å². The van der Waals surface area contributed by atoms with E-state index in [9.17, 15) is 14.9 Å². The highest BCUT2D eigenvalue weighted by Crippen LogP contribution is 2.31. The Morgan fingerprint density at radius 3 is 2.73 bits per heavy atom. The Hall–Kier alpha value is -4.13. The topological polar surface area (TPSA) is 109 Å². The molecule has 0 bridgehead atoms. The number of nitrogens with zero attached hydrogens (tertiary/aromatic N) is 7. The molecule has 0 saturated carbocycles. The van der Waals surface area contributed by atoms with Crippen molar-refractivity contribution >= 4 is 17.3 Å². The summed E-state index contributed by atoms with van der Waals surface area (Å²) < 4.78 is 9.03. The number of methoxy groups -OCH3 is 1. The lowest BCUT2D eigenvalue weighted by Crippen LogP contribution is -2.55. The number of rotatable bonds is 5. The summed E-state index contributed by atoms with van der Waals surface area (Å²) in [7, 11) is 1.56. The normalized spacial score (nSPS) is 18.2. The lowest BCUT2D eigenvalue weighted by molar-refractivity contribution is -0.145. The molecule has 0 radical (unpaired) electrons. The predicted octanol–water partition coefficient (Wildman–Crippen LogP) is 1.50. The van der Waals surface area contributed by atoms with E-state index in [1.54, 1.807) is 22.7 Å². The van der Waals surface area contributed by atoms with Crippen molar-refractivity contribution in [3.05, 3.63) is 49.1 Å². The van der Waals surface area contributed by atoms with Gasteiger partial charge in [-0.2, -0.15) is 15.5 Å². The molecule has 1 atom stereocenters. The molecule has 0 aliphatic carbocycles. The number of likely N-dealkylation sites (tertiary alicyclic amines) is 2. The SMILES string of the molecule is C=CC(=O)N1CC(C(=O)N2CC[C@H](n3cc(-c4cc(OC)c5c(C#N)cnn5c4)cn3)C2)C1. The quantitative estimate of drug-likeness (QED) is 0.551. The van der Waals surface area contributed by atoms with E-state index in [0.29, 0.717) is 43.0 Å². The first-order valence-electron chi connectivity index (χ1n) is 10.7. The Morgan fingerprint density at radius 1 is 1.18 bits per heavy atom. The van der Waals surface area contributed by atoms with E-state index in [-0.39, 0.29) is 23.8 Å². The molecular weight excluding hydrogens is 422 g/mol. The molecule has 0 unspecified atom stereocenters. The van der Waals surface area contributed by atoms with Gasteiger partial charge >= 0.3 is 0 Å². The van der Waals surface area contributed by atoms with E-state index in [0.717, 1.165) is 17.5 Å². The van der Waals surface area contributed by atoms with Crippen molar-refractivity contribution in [1.29, 1.82) is 5.26 Å². The van der Waals surface area contributed by atoms with E-state index in [4.69, 9.17) is 4.74 Å². The molecule has 33 heavy (non-hydrogen) atoms. The maximum Gasteiger partial charge on any atom is 0.246 e. The minimum atomic E-state index is -0.132. The summed E-state index contributed by atoms with van der Waals surface area (Å²) in [5.74, 6) is 0.403. The van der Waals surface area contributed by atoms with Crippen molar-refractivity contribution in [2.24, 2.45) is 5.92 Å². The zero-order valence-corrected chi connectivity index (χ0v) is 18.2. The molecule has 2 saturated heterocycles. The number of nitriles is 1. The number of aromatic nitrogens is 4. The third kappa shape index (κ3) is 3.51. The van der Waals surface area contributed by atoms with Gasteiger partial charge in [-0.15, -0.1) is 0 Å². The number of carbonyl (C=O) groups is 2. The first kappa shape index (κ1) is 20.8. The second kappa shape index (κ2) is 8.09. The molecule has 3 aromatic heterocycles. The van der Waals surface area contributed by atoms with Crippen molar-refractivity contribution in [3.63, 3.8) is 0 Å². The Bertz CT molecular complexity index is 1300. The molecule has 2 aliphatic rings. The summed E-state index contributed by atoms with van der Waals surface area (Å²) in [5, 5.41) is 18.1. The summed E-state index contributed by atoms with van der Waals surface area (Å²) in [4.78, 5) is 27.9. The maximum atomic E-state index is 12.8. The predicted molar refractivity (Wildman–Crippen MR) is 118 cm³/mol. The number of fused-ring (bicyclic) bond motifs is 1.